The van der Waals surface area contributed by atoms with Gasteiger partial charge in [0.25, 0.3) is 0 Å². The van der Waals surface area contributed by atoms with Crippen LogP contribution in [0.3, 0.4) is 0 Å². The predicted octanol–water partition coefficient (Wildman–Crippen LogP) is 10.5. The first kappa shape index (κ1) is 33.6. The first-order chi connectivity index (χ1) is 21.5. The Labute approximate surface area is 281 Å². The van der Waals surface area contributed by atoms with Gasteiger partial charge < -0.3 is 0 Å². The average Bonchev–Trinajstić information content (AvgIpc) is 3.73. The molecule has 0 N–H and O–H groups in total. The molecule has 0 unspecified atom stereocenters. The van der Waals surface area contributed by atoms with Crippen molar-refractivity contribution in [2.24, 2.45) is 0 Å². The molecule has 1 aliphatic rings. The van der Waals surface area contributed by atoms with Crippen LogP contribution in [0.2, 0.25) is 18.1 Å². The first-order valence-electron chi connectivity index (χ1n) is 15.8. The van der Waals surface area contributed by atoms with Crippen LogP contribution in [0.5, 0.6) is 0 Å². The van der Waals surface area contributed by atoms with Crippen LogP contribution >= 0.6 is 0 Å². The monoisotopic (exact) mass is 665 g/mol. The fraction of sp³-hybridized carbons (Fsp3) is 0.190. The van der Waals surface area contributed by atoms with Crippen molar-refractivity contribution in [1.82, 2.24) is 0 Å². The molecule has 0 fully saturated rings. The van der Waals surface area contributed by atoms with Crippen LogP contribution in [0.25, 0.3) is 21.9 Å². The topological polar surface area (TPSA) is 0 Å². The Balaban J connectivity index is 0.000000136. The van der Waals surface area contributed by atoms with E-state index in [0.29, 0.717) is 0 Å². The maximum Gasteiger partial charge on any atom is -0.0253 e. The summed E-state index contributed by atoms with van der Waals surface area (Å²) in [4.78, 5) is 0. The Morgan fingerprint density at radius 2 is 1.39 bits per heavy atom. The van der Waals surface area contributed by atoms with Gasteiger partial charge in [-0.15, -0.1) is 35.2 Å². The van der Waals surface area contributed by atoms with Gasteiger partial charge in [-0.25, -0.2) is 0 Å². The van der Waals surface area contributed by atoms with Gasteiger partial charge in [-0.3, -0.25) is 0 Å². The van der Waals surface area contributed by atoms with Gasteiger partial charge in [0.2, 0.25) is 0 Å². The Hall–Kier alpha value is -3.32. The van der Waals surface area contributed by atoms with Crippen molar-refractivity contribution < 1.29 is 24.2 Å². The number of fused-ring (bicyclic) bond motifs is 4. The van der Waals surface area contributed by atoms with Gasteiger partial charge >= 0.3 is 70.3 Å². The maximum absolute atomic E-state index is 3.30. The molecule has 0 spiro atoms. The summed E-state index contributed by atoms with van der Waals surface area (Å²) in [6.07, 6.45) is 1.05. The quantitative estimate of drug-likeness (QED) is 0.127. The predicted molar refractivity (Wildman–Crippen MR) is 192 cm³/mol. The molecule has 0 amide bonds. The van der Waals surface area contributed by atoms with E-state index in [1.807, 2.05) is 6.07 Å². The number of hydrogen-bond acceptors (Lipinski definition) is 0. The fourth-order valence-electron chi connectivity index (χ4n) is 5.83. The standard InChI is InChI=1S/C13H9.C12H19Si.C9H7.C8H8.Zr/c1-3-7-12-10(5-1)9-11-6-2-4-8-13(11)12;1-4-13(5-2,6-3)12-10-8-7-9-11-12;1-2-5-9-7-3-6-8(9)4-1;1-7-3-5-8(2)6-4-7;/h1-5,7-8H,9H2;8-11H,4-6H2,1-3H3;1-7H;1,3-6H,2H3;/q3*-1;;. The van der Waals surface area contributed by atoms with Gasteiger partial charge in [0, 0.05) is 0 Å². The molecule has 6 aromatic rings. The third kappa shape index (κ3) is 8.87. The van der Waals surface area contributed by atoms with Crippen LogP contribution in [-0.2, 0) is 30.7 Å². The van der Waals surface area contributed by atoms with Gasteiger partial charge in [0.05, 0.1) is 8.07 Å². The van der Waals surface area contributed by atoms with Gasteiger partial charge in [-0.1, -0.05) is 80.4 Å². The zero-order valence-corrected chi connectivity index (χ0v) is 30.1. The second-order valence-electron chi connectivity index (χ2n) is 11.2. The van der Waals surface area contributed by atoms with Gasteiger partial charge in [-0.2, -0.15) is 82.9 Å². The Morgan fingerprint density at radius 3 is 2.07 bits per heavy atom. The Bertz CT molecular complexity index is 1630. The zero-order valence-electron chi connectivity index (χ0n) is 26.6. The molecule has 0 radical (unpaired) electrons. The number of hydrogen-bond donors (Lipinski definition) is 0. The van der Waals surface area contributed by atoms with E-state index in [4.69, 9.17) is 0 Å². The van der Waals surface area contributed by atoms with Crippen LogP contribution in [0, 0.1) is 19.1 Å². The molecule has 0 saturated carbocycles. The molecule has 0 bridgehead atoms. The molecular weight excluding hydrogens is 624 g/mol. The van der Waals surface area contributed by atoms with Crippen molar-refractivity contribution in [2.45, 2.75) is 52.2 Å². The largest absolute Gasteiger partial charge is 0.179 e. The summed E-state index contributed by atoms with van der Waals surface area (Å²) in [6.45, 7) is 9.13. The van der Waals surface area contributed by atoms with Crippen LogP contribution in [0.1, 0.15) is 43.0 Å². The minimum Gasteiger partial charge on any atom is -0.179 e. The summed E-state index contributed by atoms with van der Waals surface area (Å²) < 4.78 is 2.19. The van der Waals surface area contributed by atoms with E-state index in [9.17, 15) is 0 Å². The van der Waals surface area contributed by atoms with Crippen molar-refractivity contribution in [1.29, 1.82) is 0 Å². The molecule has 0 aromatic heterocycles. The van der Waals surface area contributed by atoms with Crippen molar-refractivity contribution in [3.05, 3.63) is 168 Å². The van der Waals surface area contributed by atoms with Crippen LogP contribution in [0.15, 0.2) is 133 Å². The van der Waals surface area contributed by atoms with Crippen molar-refractivity contribution in [3.8, 4) is 11.1 Å². The van der Waals surface area contributed by atoms with Crippen LogP contribution in [0.4, 0.5) is 0 Å². The third-order valence-corrected chi connectivity index (χ3v) is 15.2. The Kier molecular flexibility index (Phi) is 13.2. The van der Waals surface area contributed by atoms with Crippen LogP contribution < -0.4 is 5.19 Å². The van der Waals surface area contributed by atoms with E-state index in [1.165, 1.54) is 86.5 Å². The number of aryl methyl sites for hydroxylation is 1. The van der Waals surface area contributed by atoms with Crippen molar-refractivity contribution >= 4 is 27.7 Å². The van der Waals surface area contributed by atoms with Crippen molar-refractivity contribution in [3.63, 3.8) is 0 Å². The van der Waals surface area contributed by atoms with Gasteiger partial charge in [0.15, 0.2) is 0 Å². The van der Waals surface area contributed by atoms with E-state index in [1.54, 1.807) is 5.19 Å². The molecule has 0 nitrogen and oxygen atoms in total. The normalized spacial score (nSPS) is 11.0. The summed E-state index contributed by atoms with van der Waals surface area (Å²) in [5, 5.41) is 4.27. The SMILES string of the molecule is CC[Si](CC)(CC)c1cc[c-]cc1.Cc1ccc([CH]=[Zr])cc1.[c-]1cccc2c1Cc1ccccc1-2.c1ccc2[cH-]ccc2c1. The molecular formula is C42H43SiZr-3. The smallest absolute Gasteiger partial charge is 0.0253 e. The second-order valence-corrected chi connectivity index (χ2v) is 17.2. The molecule has 44 heavy (non-hydrogen) atoms. The summed E-state index contributed by atoms with van der Waals surface area (Å²) in [5.74, 6) is 0. The molecule has 6 aromatic carbocycles. The molecule has 222 valence electrons. The molecule has 1 aliphatic carbocycles. The first-order valence-corrected chi connectivity index (χ1v) is 19.8. The average molecular weight is 667 g/mol. The molecule has 0 aliphatic heterocycles. The third-order valence-electron chi connectivity index (χ3n) is 8.77. The van der Waals surface area contributed by atoms with E-state index in [2.05, 4.69) is 171 Å². The number of benzene rings is 5. The second kappa shape index (κ2) is 17.2. The summed E-state index contributed by atoms with van der Waals surface area (Å²) >= 11 is 1.47. The summed E-state index contributed by atoms with van der Waals surface area (Å²) in [5.41, 5.74) is 8.17. The summed E-state index contributed by atoms with van der Waals surface area (Å²) in [7, 11) is -1.11. The molecule has 0 saturated heterocycles. The van der Waals surface area contributed by atoms with E-state index in [-0.39, 0.29) is 0 Å². The molecule has 7 rings (SSSR count). The minimum atomic E-state index is -1.11. The van der Waals surface area contributed by atoms with Gasteiger partial charge in [-0.05, 0) is 6.42 Å². The Morgan fingerprint density at radius 1 is 0.727 bits per heavy atom. The molecule has 0 atom stereocenters. The van der Waals surface area contributed by atoms with Crippen LogP contribution in [-0.4, -0.2) is 11.8 Å². The molecule has 2 heteroatoms. The van der Waals surface area contributed by atoms with E-state index >= 15 is 0 Å². The van der Waals surface area contributed by atoms with E-state index in [0.717, 1.165) is 6.42 Å². The van der Waals surface area contributed by atoms with Crippen molar-refractivity contribution in [2.75, 3.05) is 0 Å². The van der Waals surface area contributed by atoms with Gasteiger partial charge in [0.1, 0.15) is 0 Å². The zero-order chi connectivity index (χ0) is 31.2. The number of rotatable bonds is 5. The summed E-state index contributed by atoms with van der Waals surface area (Å²) in [6, 6.07) is 57.2. The van der Waals surface area contributed by atoms with E-state index < -0.39 is 8.07 Å². The maximum atomic E-state index is 3.30. The molecule has 0 heterocycles. The minimum absolute atomic E-state index is 1.05. The fourth-order valence-corrected chi connectivity index (χ4v) is 9.90.